The summed E-state index contributed by atoms with van der Waals surface area (Å²) in [6, 6.07) is 9.78. The van der Waals surface area contributed by atoms with E-state index in [0.29, 0.717) is 13.2 Å². The Kier molecular flexibility index (Phi) is 6.19. The second-order valence-corrected chi connectivity index (χ2v) is 7.28. The molecule has 0 radical (unpaired) electrons. The number of ether oxygens (including phenoxy) is 2. The van der Waals surface area contributed by atoms with Gasteiger partial charge in [-0.05, 0) is 43.7 Å². The second-order valence-electron chi connectivity index (χ2n) is 4.92. The molecule has 0 aliphatic heterocycles. The molecule has 0 fully saturated rings. The van der Waals surface area contributed by atoms with Crippen LogP contribution in [0.3, 0.4) is 0 Å². The minimum atomic E-state index is -3.55. The molecule has 23 heavy (non-hydrogen) atoms. The Labute approximate surface area is 136 Å². The Morgan fingerprint density at radius 2 is 1.57 bits per heavy atom. The zero-order valence-corrected chi connectivity index (χ0v) is 14.6. The maximum absolute atomic E-state index is 13.5. The number of hydrogen-bond acceptors (Lipinski definition) is 5. The normalized spacial score (nSPS) is 14.3. The first-order chi connectivity index (χ1) is 11.1. The lowest BCUT2D eigenvalue weighted by molar-refractivity contribution is -0.0876. The fraction of sp³-hybridized carbons (Fsp3) is 0.412. The van der Waals surface area contributed by atoms with Gasteiger partial charge in [-0.3, -0.25) is 4.57 Å². The Balaban J connectivity index is 2.59. The van der Waals surface area contributed by atoms with Crippen molar-refractivity contribution < 1.29 is 23.7 Å². The van der Waals surface area contributed by atoms with Crippen LogP contribution >= 0.6 is 7.37 Å². The Bertz CT molecular complexity index is 694. The largest absolute Gasteiger partial charge is 0.507 e. The van der Waals surface area contributed by atoms with E-state index in [0.717, 1.165) is 10.8 Å². The molecule has 126 valence electrons. The zero-order chi connectivity index (χ0) is 16.9. The van der Waals surface area contributed by atoms with Crippen molar-refractivity contribution in [1.82, 2.24) is 0 Å². The summed E-state index contributed by atoms with van der Waals surface area (Å²) in [7, 11) is -3.55. The highest BCUT2D eigenvalue weighted by atomic mass is 31.2. The first-order valence-electron chi connectivity index (χ1n) is 7.76. The van der Waals surface area contributed by atoms with E-state index in [1.165, 1.54) is 0 Å². The Morgan fingerprint density at radius 3 is 2.09 bits per heavy atom. The lowest BCUT2D eigenvalue weighted by Crippen LogP contribution is -2.25. The van der Waals surface area contributed by atoms with Crippen molar-refractivity contribution >= 4 is 23.4 Å². The number of benzene rings is 2. The third-order valence-corrected chi connectivity index (χ3v) is 5.92. The van der Waals surface area contributed by atoms with Crippen LogP contribution < -0.4 is 5.30 Å². The lowest BCUT2D eigenvalue weighted by Gasteiger charge is -2.27. The monoisotopic (exact) mass is 338 g/mol. The predicted octanol–water partition coefficient (Wildman–Crippen LogP) is 3.84. The molecule has 0 aromatic heterocycles. The number of hydrogen-bond donors (Lipinski definition) is 1. The zero-order valence-electron chi connectivity index (χ0n) is 13.7. The maximum atomic E-state index is 13.5. The summed E-state index contributed by atoms with van der Waals surface area (Å²) < 4.78 is 30.1. The Hall–Kier alpha value is -1.39. The van der Waals surface area contributed by atoms with E-state index in [2.05, 4.69) is 0 Å². The van der Waals surface area contributed by atoms with E-state index >= 15 is 0 Å². The lowest BCUT2D eigenvalue weighted by atomic mass is 10.1. The van der Waals surface area contributed by atoms with Gasteiger partial charge in [-0.25, -0.2) is 0 Å². The van der Waals surface area contributed by atoms with Crippen LogP contribution in [-0.4, -0.2) is 31.0 Å². The van der Waals surface area contributed by atoms with Gasteiger partial charge in [-0.2, -0.15) is 0 Å². The van der Waals surface area contributed by atoms with Crippen LogP contribution in [0.1, 0.15) is 20.8 Å². The fourth-order valence-corrected chi connectivity index (χ4v) is 4.70. The molecule has 6 heteroatoms. The summed E-state index contributed by atoms with van der Waals surface area (Å²) >= 11 is 0. The van der Waals surface area contributed by atoms with Crippen molar-refractivity contribution in [1.29, 1.82) is 0 Å². The van der Waals surface area contributed by atoms with Crippen molar-refractivity contribution in [3.8, 4) is 5.75 Å². The molecule has 0 amide bonds. The molecule has 0 saturated heterocycles. The van der Waals surface area contributed by atoms with Crippen LogP contribution in [-0.2, 0) is 18.6 Å². The van der Waals surface area contributed by atoms with Crippen molar-refractivity contribution in [2.24, 2.45) is 0 Å². The predicted molar refractivity (Wildman–Crippen MR) is 91.5 cm³/mol. The molecular weight excluding hydrogens is 315 g/mol. The van der Waals surface area contributed by atoms with E-state index in [-0.39, 0.29) is 17.7 Å². The molecule has 2 aromatic carbocycles. The van der Waals surface area contributed by atoms with Gasteiger partial charge < -0.3 is 19.1 Å². The molecule has 5 nitrogen and oxygen atoms in total. The molecule has 1 unspecified atom stereocenters. The summed E-state index contributed by atoms with van der Waals surface area (Å²) in [6.07, 6.45) is 0. The van der Waals surface area contributed by atoms with E-state index in [4.69, 9.17) is 14.0 Å². The van der Waals surface area contributed by atoms with Gasteiger partial charge in [0.05, 0.1) is 11.9 Å². The molecule has 1 atom stereocenters. The number of aromatic hydroxyl groups is 1. The molecule has 2 aromatic rings. The standard InChI is InChI=1S/C17H23O5P/c1-4-20-17(21-5-2)23(19,22-6-3)16-12-14-10-8-7-9-13(14)11-15(16)18/h7-12,17-18H,4-6H2,1-3H3. The van der Waals surface area contributed by atoms with Crippen LogP contribution in [0.2, 0.25) is 0 Å². The minimum absolute atomic E-state index is 0.0788. The molecule has 0 bridgehead atoms. The number of fused-ring (bicyclic) bond motifs is 1. The summed E-state index contributed by atoms with van der Waals surface area (Å²) in [4.78, 5) is 0. The van der Waals surface area contributed by atoms with E-state index in [1.54, 1.807) is 32.9 Å². The van der Waals surface area contributed by atoms with Gasteiger partial charge in [-0.15, -0.1) is 0 Å². The average molecular weight is 338 g/mol. The molecule has 2 rings (SSSR count). The van der Waals surface area contributed by atoms with E-state index in [9.17, 15) is 9.67 Å². The van der Waals surface area contributed by atoms with Gasteiger partial charge in [0.1, 0.15) is 5.75 Å². The SMILES string of the molecule is CCOC(OCC)P(=O)(OCC)c1cc2ccccc2cc1O. The highest BCUT2D eigenvalue weighted by Crippen LogP contribution is 2.54. The van der Waals surface area contributed by atoms with Crippen molar-refractivity contribution in [3.63, 3.8) is 0 Å². The first kappa shape index (κ1) is 18.0. The van der Waals surface area contributed by atoms with Gasteiger partial charge in [0.25, 0.3) is 7.37 Å². The molecular formula is C17H23O5P. The topological polar surface area (TPSA) is 65.0 Å². The van der Waals surface area contributed by atoms with Gasteiger partial charge in [0, 0.05) is 13.2 Å². The average Bonchev–Trinajstić information content (AvgIpc) is 2.54. The van der Waals surface area contributed by atoms with Crippen molar-refractivity contribution in [2.75, 3.05) is 19.8 Å². The highest BCUT2D eigenvalue weighted by Gasteiger charge is 2.40. The molecule has 0 aliphatic rings. The molecule has 0 heterocycles. The van der Waals surface area contributed by atoms with Crippen molar-refractivity contribution in [2.45, 2.75) is 26.8 Å². The van der Waals surface area contributed by atoms with Crippen molar-refractivity contribution in [3.05, 3.63) is 36.4 Å². The molecule has 0 aliphatic carbocycles. The third-order valence-electron chi connectivity index (χ3n) is 3.40. The number of phenols is 1. The maximum Gasteiger partial charge on any atom is 0.290 e. The van der Waals surface area contributed by atoms with Crippen LogP contribution in [0.15, 0.2) is 36.4 Å². The van der Waals surface area contributed by atoms with Crippen LogP contribution in [0.25, 0.3) is 10.8 Å². The fourth-order valence-electron chi connectivity index (χ4n) is 2.43. The number of rotatable bonds is 8. The second kappa shape index (κ2) is 7.93. The van der Waals surface area contributed by atoms with E-state index < -0.39 is 13.4 Å². The third kappa shape index (κ3) is 3.75. The Morgan fingerprint density at radius 1 is 1.00 bits per heavy atom. The molecule has 1 N–H and O–H groups in total. The first-order valence-corrected chi connectivity index (χ1v) is 9.46. The van der Waals surface area contributed by atoms with E-state index in [1.807, 2.05) is 24.3 Å². The summed E-state index contributed by atoms with van der Waals surface area (Å²) in [5.74, 6) is -0.0788. The molecule has 0 saturated carbocycles. The van der Waals surface area contributed by atoms with Gasteiger partial charge in [0.15, 0.2) is 0 Å². The summed E-state index contributed by atoms with van der Waals surface area (Å²) in [6.45, 7) is 6.22. The number of phenolic OH excluding ortho intramolecular Hbond substituents is 1. The summed E-state index contributed by atoms with van der Waals surface area (Å²) in [5.41, 5.74) is 0. The highest BCUT2D eigenvalue weighted by molar-refractivity contribution is 7.67. The van der Waals surface area contributed by atoms with Gasteiger partial charge in [0.2, 0.25) is 6.03 Å². The molecule has 0 spiro atoms. The summed E-state index contributed by atoms with van der Waals surface area (Å²) in [5, 5.41) is 12.3. The smallest absolute Gasteiger partial charge is 0.290 e. The quantitative estimate of drug-likeness (QED) is 0.585. The van der Waals surface area contributed by atoms with Crippen LogP contribution in [0.5, 0.6) is 5.75 Å². The minimum Gasteiger partial charge on any atom is -0.507 e. The van der Waals surface area contributed by atoms with Gasteiger partial charge in [-0.1, -0.05) is 24.3 Å². The van der Waals surface area contributed by atoms with Crippen LogP contribution in [0.4, 0.5) is 0 Å². The van der Waals surface area contributed by atoms with Crippen LogP contribution in [0, 0.1) is 0 Å². The van der Waals surface area contributed by atoms with Gasteiger partial charge >= 0.3 is 0 Å².